The molecule has 0 spiro atoms. The molecule has 0 aromatic heterocycles. The van der Waals surface area contributed by atoms with Crippen molar-refractivity contribution < 1.29 is 9.90 Å². The number of halogens is 1. The van der Waals surface area contributed by atoms with Crippen molar-refractivity contribution in [2.75, 3.05) is 0 Å². The molecule has 1 aromatic rings. The number of rotatable bonds is 8. The van der Waals surface area contributed by atoms with Crippen molar-refractivity contribution in [3.05, 3.63) is 40.9 Å². The molecule has 116 valence electrons. The van der Waals surface area contributed by atoms with Gasteiger partial charge in [0.25, 0.3) is 5.91 Å². The molecular weight excluding hydrogens is 332 g/mol. The molecule has 0 bridgehead atoms. The molecule has 1 amide bonds. The zero-order valence-corrected chi connectivity index (χ0v) is 14.2. The van der Waals surface area contributed by atoms with Gasteiger partial charge in [0.05, 0.1) is 5.70 Å². The molecule has 21 heavy (non-hydrogen) atoms. The third-order valence-electron chi connectivity index (χ3n) is 3.27. The minimum absolute atomic E-state index is 0.413. The molecule has 0 aliphatic rings. The summed E-state index contributed by atoms with van der Waals surface area (Å²) < 4.78 is 0.975. The van der Waals surface area contributed by atoms with Crippen molar-refractivity contribution in [1.82, 2.24) is 10.9 Å². The number of benzene rings is 1. The lowest BCUT2D eigenvalue weighted by atomic mass is 9.92. The highest BCUT2D eigenvalue weighted by Gasteiger charge is 2.33. The van der Waals surface area contributed by atoms with E-state index in [4.69, 9.17) is 0 Å². The highest BCUT2D eigenvalue weighted by molar-refractivity contribution is 9.10. The molecular formula is C16H23BrN2O2. The van der Waals surface area contributed by atoms with Crippen molar-refractivity contribution >= 4 is 27.5 Å². The van der Waals surface area contributed by atoms with Gasteiger partial charge in [-0.2, -0.15) is 0 Å². The van der Waals surface area contributed by atoms with Crippen LogP contribution in [-0.2, 0) is 4.79 Å². The fourth-order valence-electron chi connectivity index (χ4n) is 2.15. The van der Waals surface area contributed by atoms with Crippen molar-refractivity contribution in [2.45, 2.75) is 45.1 Å². The lowest BCUT2D eigenvalue weighted by Crippen LogP contribution is -2.51. The van der Waals surface area contributed by atoms with Crippen molar-refractivity contribution in [3.8, 4) is 0 Å². The van der Waals surface area contributed by atoms with Crippen molar-refractivity contribution in [3.63, 3.8) is 0 Å². The zero-order chi connectivity index (χ0) is 15.9. The van der Waals surface area contributed by atoms with Gasteiger partial charge in [-0.3, -0.25) is 15.6 Å². The van der Waals surface area contributed by atoms with Crippen LogP contribution in [0.5, 0.6) is 0 Å². The fourth-order valence-corrected chi connectivity index (χ4v) is 2.42. The van der Waals surface area contributed by atoms with E-state index in [1.165, 1.54) is 0 Å². The number of carbonyl (C=O) groups excluding carboxylic acids is 1. The molecule has 0 unspecified atom stereocenters. The molecule has 4 nitrogen and oxygen atoms in total. The SMILES string of the molecule is C=C(NNC(=O)C(O)(CCC)CCC)c1ccc(Br)cc1. The molecule has 0 saturated carbocycles. The number of hydrogen-bond acceptors (Lipinski definition) is 3. The Morgan fingerprint density at radius 1 is 1.19 bits per heavy atom. The normalized spacial score (nSPS) is 11.0. The number of hydrazine groups is 1. The van der Waals surface area contributed by atoms with Crippen LogP contribution in [0.3, 0.4) is 0 Å². The third kappa shape index (κ3) is 5.17. The summed E-state index contributed by atoms with van der Waals surface area (Å²) in [6, 6.07) is 7.56. The molecule has 0 saturated heterocycles. The second kappa shape index (κ2) is 8.20. The first-order valence-corrected chi connectivity index (χ1v) is 7.96. The monoisotopic (exact) mass is 354 g/mol. The molecule has 0 heterocycles. The average molecular weight is 355 g/mol. The molecule has 0 aliphatic heterocycles. The van der Waals surface area contributed by atoms with Gasteiger partial charge in [0, 0.05) is 4.47 Å². The molecule has 1 rings (SSSR count). The quantitative estimate of drug-likeness (QED) is 0.627. The van der Waals surface area contributed by atoms with E-state index < -0.39 is 11.5 Å². The maximum Gasteiger partial charge on any atom is 0.270 e. The minimum atomic E-state index is -1.32. The number of hydrogen-bond donors (Lipinski definition) is 3. The molecule has 0 fully saturated rings. The first kappa shape index (κ1) is 17.7. The summed E-state index contributed by atoms with van der Waals surface area (Å²) in [4.78, 5) is 12.2. The van der Waals surface area contributed by atoms with Crippen LogP contribution in [0, 0.1) is 0 Å². The minimum Gasteiger partial charge on any atom is -0.380 e. The van der Waals surface area contributed by atoms with Crippen LogP contribution in [0.2, 0.25) is 0 Å². The second-order valence-electron chi connectivity index (χ2n) is 5.10. The van der Waals surface area contributed by atoms with Crippen LogP contribution < -0.4 is 10.9 Å². The lowest BCUT2D eigenvalue weighted by molar-refractivity contribution is -0.142. The standard InChI is InChI=1S/C16H23BrN2O2/c1-4-10-16(21,11-5-2)15(20)19-18-12(3)13-6-8-14(17)9-7-13/h6-9,18,21H,3-5,10-11H2,1-2H3,(H,19,20). The largest absolute Gasteiger partial charge is 0.380 e. The van der Waals surface area contributed by atoms with Crippen LogP contribution in [0.4, 0.5) is 0 Å². The van der Waals surface area contributed by atoms with Gasteiger partial charge in [0.2, 0.25) is 0 Å². The zero-order valence-electron chi connectivity index (χ0n) is 12.6. The molecule has 1 aromatic carbocycles. The smallest absolute Gasteiger partial charge is 0.270 e. The summed E-state index contributed by atoms with van der Waals surface area (Å²) in [5, 5.41) is 10.4. The Morgan fingerprint density at radius 2 is 1.71 bits per heavy atom. The predicted molar refractivity (Wildman–Crippen MR) is 89.2 cm³/mol. The maximum absolute atomic E-state index is 12.2. The van der Waals surface area contributed by atoms with Gasteiger partial charge < -0.3 is 5.11 Å². The maximum atomic E-state index is 12.2. The van der Waals surface area contributed by atoms with Gasteiger partial charge in [-0.15, -0.1) is 0 Å². The van der Waals surface area contributed by atoms with Crippen molar-refractivity contribution in [1.29, 1.82) is 0 Å². The van der Waals surface area contributed by atoms with Crippen LogP contribution in [-0.4, -0.2) is 16.6 Å². The average Bonchev–Trinajstić information content (AvgIpc) is 2.45. The van der Waals surface area contributed by atoms with Gasteiger partial charge >= 0.3 is 0 Å². The molecule has 0 atom stereocenters. The van der Waals surface area contributed by atoms with E-state index >= 15 is 0 Å². The van der Waals surface area contributed by atoms with Crippen molar-refractivity contribution in [2.24, 2.45) is 0 Å². The first-order valence-electron chi connectivity index (χ1n) is 7.16. The van der Waals surface area contributed by atoms with Gasteiger partial charge in [0.15, 0.2) is 0 Å². The number of nitrogens with one attached hydrogen (secondary N) is 2. The van der Waals surface area contributed by atoms with Gasteiger partial charge in [-0.1, -0.05) is 61.3 Å². The third-order valence-corrected chi connectivity index (χ3v) is 3.80. The van der Waals surface area contributed by atoms with E-state index in [-0.39, 0.29) is 0 Å². The highest BCUT2D eigenvalue weighted by atomic mass is 79.9. The lowest BCUT2D eigenvalue weighted by Gasteiger charge is -2.26. The number of amides is 1. The Kier molecular flexibility index (Phi) is 6.92. The van der Waals surface area contributed by atoms with E-state index in [9.17, 15) is 9.90 Å². The van der Waals surface area contributed by atoms with Crippen LogP contribution in [0.25, 0.3) is 5.70 Å². The van der Waals surface area contributed by atoms with E-state index in [0.29, 0.717) is 18.5 Å². The van der Waals surface area contributed by atoms with Crippen LogP contribution >= 0.6 is 15.9 Å². The Hall–Kier alpha value is -1.33. The number of carbonyl (C=O) groups is 1. The van der Waals surface area contributed by atoms with Gasteiger partial charge in [-0.05, 0) is 30.5 Å². The number of aliphatic hydroxyl groups is 1. The molecule has 0 radical (unpaired) electrons. The predicted octanol–water partition coefficient (Wildman–Crippen LogP) is 3.37. The van der Waals surface area contributed by atoms with E-state index in [0.717, 1.165) is 22.9 Å². The van der Waals surface area contributed by atoms with Gasteiger partial charge in [0.1, 0.15) is 5.60 Å². The summed E-state index contributed by atoms with van der Waals surface area (Å²) in [6.45, 7) is 7.77. The summed E-state index contributed by atoms with van der Waals surface area (Å²) in [7, 11) is 0. The topological polar surface area (TPSA) is 61.4 Å². The molecule has 0 aliphatic carbocycles. The summed E-state index contributed by atoms with van der Waals surface area (Å²) in [5.41, 5.74) is 5.45. The Morgan fingerprint density at radius 3 is 2.19 bits per heavy atom. The Balaban J connectivity index is 2.62. The highest BCUT2D eigenvalue weighted by Crippen LogP contribution is 2.20. The Bertz CT molecular complexity index is 480. The summed E-state index contributed by atoms with van der Waals surface area (Å²) in [6.07, 6.45) is 2.38. The van der Waals surface area contributed by atoms with E-state index in [2.05, 4.69) is 33.4 Å². The van der Waals surface area contributed by atoms with E-state index in [1.807, 2.05) is 38.1 Å². The fraction of sp³-hybridized carbons (Fsp3) is 0.438. The second-order valence-corrected chi connectivity index (χ2v) is 6.01. The summed E-state index contributed by atoms with van der Waals surface area (Å²) in [5.74, 6) is -0.413. The van der Waals surface area contributed by atoms with Crippen LogP contribution in [0.15, 0.2) is 35.3 Å². The van der Waals surface area contributed by atoms with Gasteiger partial charge in [-0.25, -0.2) is 0 Å². The molecule has 5 heteroatoms. The Labute approximate surface area is 134 Å². The summed E-state index contributed by atoms with van der Waals surface area (Å²) >= 11 is 3.36. The van der Waals surface area contributed by atoms with E-state index in [1.54, 1.807) is 0 Å². The molecule has 3 N–H and O–H groups in total. The first-order chi connectivity index (χ1) is 9.92. The van der Waals surface area contributed by atoms with Crippen LogP contribution in [0.1, 0.15) is 45.1 Å².